The highest BCUT2D eigenvalue weighted by atomic mass is 19.1. The number of aliphatic hydroxyl groups is 2. The molecule has 5 nitrogen and oxygen atoms in total. The van der Waals surface area contributed by atoms with Crippen LogP contribution in [-0.2, 0) is 18.8 Å². The molecule has 0 spiro atoms. The molecule has 4 N–H and O–H groups in total. The van der Waals surface area contributed by atoms with Crippen LogP contribution in [0.4, 0.5) is 4.39 Å². The number of hydrogen-bond acceptors (Lipinski definition) is 3. The van der Waals surface area contributed by atoms with Gasteiger partial charge in [-0.25, -0.2) is 9.38 Å². The molecule has 2 aromatic carbocycles. The largest absolute Gasteiger partial charge is 0.392 e. The van der Waals surface area contributed by atoms with Gasteiger partial charge in [-0.3, -0.25) is 0 Å². The maximum atomic E-state index is 13.5. The van der Waals surface area contributed by atoms with Crippen LogP contribution in [0.15, 0.2) is 53.5 Å². The molecule has 2 aromatic rings. The summed E-state index contributed by atoms with van der Waals surface area (Å²) in [6.07, 6.45) is 0. The molecule has 0 bridgehead atoms. The minimum Gasteiger partial charge on any atom is -0.392 e. The van der Waals surface area contributed by atoms with Gasteiger partial charge in [0.25, 0.3) is 0 Å². The second kappa shape index (κ2) is 9.31. The van der Waals surface area contributed by atoms with Gasteiger partial charge in [0, 0.05) is 12.1 Å². The van der Waals surface area contributed by atoms with Crippen LogP contribution in [0.2, 0.25) is 0 Å². The maximum Gasteiger partial charge on any atom is 0.191 e. The lowest BCUT2D eigenvalue weighted by Gasteiger charge is -2.25. The number of benzene rings is 2. The van der Waals surface area contributed by atoms with E-state index in [1.807, 2.05) is 37.3 Å². The summed E-state index contributed by atoms with van der Waals surface area (Å²) < 4.78 is 13.5. The first-order valence-corrected chi connectivity index (χ1v) is 8.64. The molecular formula is C20H26FN3O2. The second-order valence-electron chi connectivity index (χ2n) is 6.27. The van der Waals surface area contributed by atoms with Crippen molar-refractivity contribution in [1.29, 1.82) is 0 Å². The molecule has 0 aliphatic rings. The number of nitrogens with one attached hydrogen (secondary N) is 2. The summed E-state index contributed by atoms with van der Waals surface area (Å²) in [4.78, 5) is 4.46. The molecule has 0 aliphatic heterocycles. The van der Waals surface area contributed by atoms with Crippen molar-refractivity contribution in [3.63, 3.8) is 0 Å². The zero-order valence-electron chi connectivity index (χ0n) is 15.2. The molecule has 140 valence electrons. The fraction of sp³-hybridized carbons (Fsp3) is 0.350. The molecule has 0 saturated heterocycles. The van der Waals surface area contributed by atoms with E-state index in [0.717, 1.165) is 11.1 Å². The zero-order valence-corrected chi connectivity index (χ0v) is 15.2. The van der Waals surface area contributed by atoms with Crippen LogP contribution in [0.25, 0.3) is 0 Å². The highest BCUT2D eigenvalue weighted by Gasteiger charge is 2.22. The van der Waals surface area contributed by atoms with E-state index in [1.54, 1.807) is 19.1 Å². The van der Waals surface area contributed by atoms with Crippen LogP contribution < -0.4 is 10.6 Å². The topological polar surface area (TPSA) is 76.9 Å². The first-order chi connectivity index (χ1) is 12.5. The molecule has 0 saturated carbocycles. The number of nitrogens with zero attached hydrogens (tertiary/aromatic N) is 1. The molecule has 2 rings (SSSR count). The Labute approximate surface area is 153 Å². The van der Waals surface area contributed by atoms with E-state index >= 15 is 0 Å². The zero-order chi connectivity index (χ0) is 19.0. The summed E-state index contributed by atoms with van der Waals surface area (Å²) in [5, 5.41) is 26.1. The monoisotopic (exact) mass is 359 g/mol. The Morgan fingerprint density at radius 3 is 2.54 bits per heavy atom. The number of hydrogen-bond donors (Lipinski definition) is 4. The highest BCUT2D eigenvalue weighted by Crippen LogP contribution is 2.18. The fourth-order valence-corrected chi connectivity index (χ4v) is 2.51. The van der Waals surface area contributed by atoms with Gasteiger partial charge in [-0.2, -0.15) is 0 Å². The van der Waals surface area contributed by atoms with Gasteiger partial charge in [-0.15, -0.1) is 0 Å². The molecule has 26 heavy (non-hydrogen) atoms. The van der Waals surface area contributed by atoms with Crippen molar-refractivity contribution < 1.29 is 14.6 Å². The number of rotatable bonds is 7. The van der Waals surface area contributed by atoms with E-state index in [4.69, 9.17) is 5.11 Å². The fourth-order valence-electron chi connectivity index (χ4n) is 2.51. The van der Waals surface area contributed by atoms with Crippen LogP contribution in [0.1, 0.15) is 30.5 Å². The van der Waals surface area contributed by atoms with Gasteiger partial charge >= 0.3 is 0 Å². The van der Waals surface area contributed by atoms with Gasteiger partial charge in [0.2, 0.25) is 0 Å². The molecular weight excluding hydrogens is 333 g/mol. The number of guanidine groups is 1. The van der Waals surface area contributed by atoms with Crippen LogP contribution in [0.5, 0.6) is 0 Å². The molecule has 0 fully saturated rings. The standard InChI is InChI=1S/C20H26FN3O2/c1-3-22-19(23-12-15-9-10-18(21)16(11-15)13-25)24-14-20(2,26)17-7-5-4-6-8-17/h4-11,25-26H,3,12-14H2,1-2H3,(H2,22,23,24). The van der Waals surface area contributed by atoms with Crippen LogP contribution >= 0.6 is 0 Å². The molecule has 0 heterocycles. The Balaban J connectivity index is 2.05. The molecule has 6 heteroatoms. The summed E-state index contributed by atoms with van der Waals surface area (Å²) in [6.45, 7) is 4.64. The van der Waals surface area contributed by atoms with E-state index in [-0.39, 0.29) is 18.7 Å². The van der Waals surface area contributed by atoms with Crippen molar-refractivity contribution in [3.8, 4) is 0 Å². The van der Waals surface area contributed by atoms with Crippen molar-refractivity contribution in [2.75, 3.05) is 13.1 Å². The molecule has 0 amide bonds. The predicted molar refractivity (Wildman–Crippen MR) is 101 cm³/mol. The lowest BCUT2D eigenvalue weighted by Crippen LogP contribution is -2.44. The summed E-state index contributed by atoms with van der Waals surface area (Å²) in [5.41, 5.74) is 0.816. The highest BCUT2D eigenvalue weighted by molar-refractivity contribution is 5.79. The number of aliphatic imine (C=N–C) groups is 1. The minimum atomic E-state index is -1.04. The summed E-state index contributed by atoms with van der Waals surface area (Å²) >= 11 is 0. The van der Waals surface area contributed by atoms with Gasteiger partial charge in [0.1, 0.15) is 11.4 Å². The Morgan fingerprint density at radius 2 is 1.88 bits per heavy atom. The van der Waals surface area contributed by atoms with Gasteiger partial charge < -0.3 is 20.8 Å². The maximum absolute atomic E-state index is 13.5. The van der Waals surface area contributed by atoms with Gasteiger partial charge in [0.05, 0.1) is 19.7 Å². The summed E-state index contributed by atoms with van der Waals surface area (Å²) in [7, 11) is 0. The third-order valence-electron chi connectivity index (χ3n) is 4.04. The molecule has 1 atom stereocenters. The minimum absolute atomic E-state index is 0.252. The first kappa shape index (κ1) is 19.9. The first-order valence-electron chi connectivity index (χ1n) is 8.64. The Hall–Kier alpha value is -2.44. The SMILES string of the molecule is CCNC(=NCc1ccc(F)c(CO)c1)NCC(C)(O)c1ccccc1. The Morgan fingerprint density at radius 1 is 1.15 bits per heavy atom. The average Bonchev–Trinajstić information content (AvgIpc) is 2.66. The van der Waals surface area contributed by atoms with E-state index in [9.17, 15) is 9.50 Å². The molecule has 0 aromatic heterocycles. The van der Waals surface area contributed by atoms with Crippen LogP contribution in [0.3, 0.4) is 0 Å². The number of aliphatic hydroxyl groups excluding tert-OH is 1. The van der Waals surface area contributed by atoms with Gasteiger partial charge in [0.15, 0.2) is 5.96 Å². The van der Waals surface area contributed by atoms with Crippen molar-refractivity contribution in [3.05, 3.63) is 71.0 Å². The molecule has 0 radical (unpaired) electrons. The van der Waals surface area contributed by atoms with E-state index < -0.39 is 11.4 Å². The van der Waals surface area contributed by atoms with Crippen LogP contribution in [0, 0.1) is 5.82 Å². The summed E-state index contributed by atoms with van der Waals surface area (Å²) in [6, 6.07) is 14.0. The van der Waals surface area contributed by atoms with E-state index in [1.165, 1.54) is 6.07 Å². The Bertz CT molecular complexity index is 733. The lowest BCUT2D eigenvalue weighted by atomic mass is 9.96. The lowest BCUT2D eigenvalue weighted by molar-refractivity contribution is 0.0617. The molecule has 0 aliphatic carbocycles. The van der Waals surface area contributed by atoms with Crippen molar-refractivity contribution in [2.24, 2.45) is 4.99 Å². The second-order valence-corrected chi connectivity index (χ2v) is 6.27. The van der Waals surface area contributed by atoms with Gasteiger partial charge in [-0.05, 0) is 37.1 Å². The van der Waals surface area contributed by atoms with Crippen molar-refractivity contribution >= 4 is 5.96 Å². The number of halogens is 1. The average molecular weight is 359 g/mol. The van der Waals surface area contributed by atoms with Crippen molar-refractivity contribution in [2.45, 2.75) is 32.6 Å². The van der Waals surface area contributed by atoms with Crippen LogP contribution in [-0.4, -0.2) is 29.3 Å². The Kier molecular flexibility index (Phi) is 7.12. The summed E-state index contributed by atoms with van der Waals surface area (Å²) in [5.74, 6) is 0.128. The van der Waals surface area contributed by atoms with Crippen molar-refractivity contribution in [1.82, 2.24) is 10.6 Å². The normalized spacial score (nSPS) is 14.0. The predicted octanol–water partition coefficient (Wildman–Crippen LogP) is 2.28. The van der Waals surface area contributed by atoms with Gasteiger partial charge in [-0.1, -0.05) is 36.4 Å². The third-order valence-corrected chi connectivity index (χ3v) is 4.04. The molecule has 1 unspecified atom stereocenters. The third kappa shape index (κ3) is 5.54. The smallest absolute Gasteiger partial charge is 0.191 e. The van der Waals surface area contributed by atoms with E-state index in [0.29, 0.717) is 19.0 Å². The quantitative estimate of drug-likeness (QED) is 0.452. The van der Waals surface area contributed by atoms with E-state index in [2.05, 4.69) is 15.6 Å².